The number of carbonyl (C=O) groups excluding carboxylic acids is 1. The van der Waals surface area contributed by atoms with Crippen molar-refractivity contribution in [1.29, 1.82) is 0 Å². The topological polar surface area (TPSA) is 84.9 Å². The molecule has 2 aromatic rings. The number of carboxylic acids is 1. The van der Waals surface area contributed by atoms with Gasteiger partial charge in [-0.1, -0.05) is 30.3 Å². The summed E-state index contributed by atoms with van der Waals surface area (Å²) in [7, 11) is 0. The van der Waals surface area contributed by atoms with Crippen LogP contribution in [0.2, 0.25) is 0 Å². The van der Waals surface area contributed by atoms with Gasteiger partial charge >= 0.3 is 12.3 Å². The molecule has 1 heterocycles. The second-order valence-electron chi connectivity index (χ2n) is 6.19. The van der Waals surface area contributed by atoms with Crippen LogP contribution >= 0.6 is 0 Å². The van der Waals surface area contributed by atoms with Crippen molar-refractivity contribution in [2.45, 2.75) is 31.3 Å². The monoisotopic (exact) mass is 395 g/mol. The third-order valence-corrected chi connectivity index (χ3v) is 4.15. The minimum Gasteiger partial charge on any atom is -0.481 e. The van der Waals surface area contributed by atoms with Gasteiger partial charge in [0, 0.05) is 6.42 Å². The number of amides is 1. The van der Waals surface area contributed by atoms with Crippen molar-refractivity contribution in [1.82, 2.24) is 5.32 Å². The predicted molar refractivity (Wildman–Crippen MR) is 90.8 cm³/mol. The number of hydrogen-bond acceptors (Lipinski definition) is 4. The standard InChI is InChI=1S/C19H16F3NO5/c20-19(21,22)28-13-7-5-11(6-8-13)14(10-17(24)25)23-18(26)16-9-12-3-1-2-4-15(12)27-16/h1-8,14,16H,9-10H2,(H,23,26)(H,24,25). The van der Waals surface area contributed by atoms with E-state index in [0.29, 0.717) is 17.7 Å². The molecule has 0 bridgehead atoms. The fourth-order valence-electron chi connectivity index (χ4n) is 2.92. The van der Waals surface area contributed by atoms with Crippen LogP contribution in [0.5, 0.6) is 11.5 Å². The zero-order valence-electron chi connectivity index (χ0n) is 14.4. The number of nitrogens with one attached hydrogen (secondary N) is 1. The highest BCUT2D eigenvalue weighted by Gasteiger charge is 2.32. The Morgan fingerprint density at radius 3 is 2.46 bits per heavy atom. The lowest BCUT2D eigenvalue weighted by Gasteiger charge is -2.20. The Morgan fingerprint density at radius 2 is 1.86 bits per heavy atom. The molecule has 2 N–H and O–H groups in total. The van der Waals surface area contributed by atoms with Gasteiger partial charge in [-0.2, -0.15) is 0 Å². The molecule has 0 saturated heterocycles. The maximum Gasteiger partial charge on any atom is 0.573 e. The highest BCUT2D eigenvalue weighted by atomic mass is 19.4. The summed E-state index contributed by atoms with van der Waals surface area (Å²) >= 11 is 0. The van der Waals surface area contributed by atoms with Gasteiger partial charge in [0.05, 0.1) is 12.5 Å². The number of benzene rings is 2. The summed E-state index contributed by atoms with van der Waals surface area (Å²) in [5.41, 5.74) is 1.20. The first-order valence-electron chi connectivity index (χ1n) is 8.34. The minimum atomic E-state index is -4.83. The van der Waals surface area contributed by atoms with Crippen LogP contribution in [0, 0.1) is 0 Å². The number of fused-ring (bicyclic) bond motifs is 1. The highest BCUT2D eigenvalue weighted by molar-refractivity contribution is 5.83. The number of rotatable bonds is 6. The van der Waals surface area contributed by atoms with Crippen LogP contribution in [0.4, 0.5) is 13.2 Å². The third kappa shape index (κ3) is 4.93. The number of para-hydroxylation sites is 1. The first-order valence-corrected chi connectivity index (χ1v) is 8.34. The van der Waals surface area contributed by atoms with Crippen molar-refractivity contribution in [3.63, 3.8) is 0 Å². The average molecular weight is 395 g/mol. The van der Waals surface area contributed by atoms with Crippen LogP contribution < -0.4 is 14.8 Å². The smallest absolute Gasteiger partial charge is 0.481 e. The summed E-state index contributed by atoms with van der Waals surface area (Å²) in [4.78, 5) is 23.7. The molecule has 0 aromatic heterocycles. The molecule has 0 radical (unpaired) electrons. The first kappa shape index (κ1) is 19.5. The van der Waals surface area contributed by atoms with Crippen LogP contribution in [0.1, 0.15) is 23.6 Å². The number of carbonyl (C=O) groups is 2. The van der Waals surface area contributed by atoms with Crippen molar-refractivity contribution in [2.75, 3.05) is 0 Å². The molecule has 9 heteroatoms. The lowest BCUT2D eigenvalue weighted by atomic mass is 10.0. The molecule has 148 valence electrons. The van der Waals surface area contributed by atoms with E-state index in [1.165, 1.54) is 12.1 Å². The molecular formula is C19H16F3NO5. The van der Waals surface area contributed by atoms with Gasteiger partial charge in [-0.25, -0.2) is 0 Å². The predicted octanol–water partition coefficient (Wildman–Crippen LogP) is 3.22. The van der Waals surface area contributed by atoms with Crippen molar-refractivity contribution in [2.24, 2.45) is 0 Å². The molecule has 1 amide bonds. The molecule has 0 aliphatic carbocycles. The molecule has 2 aromatic carbocycles. The molecule has 6 nitrogen and oxygen atoms in total. The maximum atomic E-state index is 12.5. The summed E-state index contributed by atoms with van der Waals surface area (Å²) in [5.74, 6) is -1.52. The Balaban J connectivity index is 1.70. The van der Waals surface area contributed by atoms with Gasteiger partial charge in [0.2, 0.25) is 0 Å². The summed E-state index contributed by atoms with van der Waals surface area (Å²) in [5, 5.41) is 11.7. The quantitative estimate of drug-likeness (QED) is 0.785. The van der Waals surface area contributed by atoms with Crippen LogP contribution in [0.15, 0.2) is 48.5 Å². The zero-order valence-corrected chi connectivity index (χ0v) is 14.4. The second-order valence-corrected chi connectivity index (χ2v) is 6.19. The third-order valence-electron chi connectivity index (χ3n) is 4.15. The van der Waals surface area contributed by atoms with Crippen LogP contribution in [-0.2, 0) is 16.0 Å². The van der Waals surface area contributed by atoms with E-state index in [4.69, 9.17) is 9.84 Å². The highest BCUT2D eigenvalue weighted by Crippen LogP contribution is 2.29. The summed E-state index contributed by atoms with van der Waals surface area (Å²) < 4.78 is 46.1. The van der Waals surface area contributed by atoms with E-state index < -0.39 is 42.6 Å². The van der Waals surface area contributed by atoms with Gasteiger partial charge in [-0.3, -0.25) is 9.59 Å². The van der Waals surface area contributed by atoms with Crippen LogP contribution in [0.3, 0.4) is 0 Å². The van der Waals surface area contributed by atoms with E-state index in [0.717, 1.165) is 17.7 Å². The summed E-state index contributed by atoms with van der Waals surface area (Å²) in [6, 6.07) is 10.9. The fourth-order valence-corrected chi connectivity index (χ4v) is 2.92. The van der Waals surface area contributed by atoms with Crippen molar-refractivity contribution in [3.8, 4) is 11.5 Å². The Hall–Kier alpha value is -3.23. The molecule has 28 heavy (non-hydrogen) atoms. The van der Waals surface area contributed by atoms with Crippen molar-refractivity contribution < 1.29 is 37.3 Å². The lowest BCUT2D eigenvalue weighted by molar-refractivity contribution is -0.274. The molecular weight excluding hydrogens is 379 g/mol. The Labute approximate surface area is 157 Å². The zero-order chi connectivity index (χ0) is 20.3. The Kier molecular flexibility index (Phi) is 5.43. The number of aliphatic carboxylic acids is 1. The number of carboxylic acid groups (broad SMARTS) is 1. The molecule has 3 rings (SSSR count). The van der Waals surface area contributed by atoms with Crippen molar-refractivity contribution in [3.05, 3.63) is 59.7 Å². The van der Waals surface area contributed by atoms with E-state index >= 15 is 0 Å². The van der Waals surface area contributed by atoms with Gasteiger partial charge in [0.25, 0.3) is 5.91 Å². The van der Waals surface area contributed by atoms with E-state index in [1.54, 1.807) is 12.1 Å². The summed E-state index contributed by atoms with van der Waals surface area (Å²) in [6.07, 6.45) is -5.72. The van der Waals surface area contributed by atoms with Crippen LogP contribution in [-0.4, -0.2) is 29.4 Å². The lowest BCUT2D eigenvalue weighted by Crippen LogP contribution is -2.40. The normalized spacial score (nSPS) is 16.6. The van der Waals surface area contributed by atoms with E-state index in [9.17, 15) is 22.8 Å². The molecule has 0 spiro atoms. The van der Waals surface area contributed by atoms with Gasteiger partial charge < -0.3 is 19.9 Å². The van der Waals surface area contributed by atoms with E-state index in [-0.39, 0.29) is 0 Å². The number of ether oxygens (including phenoxy) is 2. The number of hydrogen-bond donors (Lipinski definition) is 2. The average Bonchev–Trinajstić information content (AvgIpc) is 3.04. The van der Waals surface area contributed by atoms with Gasteiger partial charge in [-0.15, -0.1) is 13.2 Å². The largest absolute Gasteiger partial charge is 0.573 e. The number of alkyl halides is 3. The van der Waals surface area contributed by atoms with Gasteiger partial charge in [0.1, 0.15) is 11.5 Å². The molecule has 2 atom stereocenters. The number of halogens is 3. The maximum absolute atomic E-state index is 12.5. The van der Waals surface area contributed by atoms with E-state index in [1.807, 2.05) is 12.1 Å². The first-order chi connectivity index (χ1) is 13.2. The Bertz CT molecular complexity index is 842. The van der Waals surface area contributed by atoms with Crippen LogP contribution in [0.25, 0.3) is 0 Å². The fraction of sp³-hybridized carbons (Fsp3) is 0.263. The SMILES string of the molecule is O=C(O)CC(NC(=O)C1Cc2ccccc2O1)c1ccc(OC(F)(F)F)cc1. The minimum absolute atomic E-state index is 0.334. The Morgan fingerprint density at radius 1 is 1.18 bits per heavy atom. The molecule has 1 aliphatic heterocycles. The molecule has 1 aliphatic rings. The second kappa shape index (κ2) is 7.79. The summed E-state index contributed by atoms with van der Waals surface area (Å²) in [6.45, 7) is 0. The van der Waals surface area contributed by atoms with Gasteiger partial charge in [0.15, 0.2) is 6.10 Å². The molecule has 0 fully saturated rings. The molecule has 2 unspecified atom stereocenters. The van der Waals surface area contributed by atoms with E-state index in [2.05, 4.69) is 10.1 Å². The van der Waals surface area contributed by atoms with Crippen molar-refractivity contribution >= 4 is 11.9 Å². The molecule has 0 saturated carbocycles. The van der Waals surface area contributed by atoms with Gasteiger partial charge in [-0.05, 0) is 29.3 Å².